The number of para-hydroxylation sites is 3. The molecule has 0 aliphatic rings. The summed E-state index contributed by atoms with van der Waals surface area (Å²) in [6.45, 7) is 6.22. The van der Waals surface area contributed by atoms with Gasteiger partial charge in [-0.05, 0) is 56.2 Å². The molecule has 0 spiro atoms. The Hall–Kier alpha value is -3.93. The lowest BCUT2D eigenvalue weighted by Crippen LogP contribution is -2.27. The summed E-state index contributed by atoms with van der Waals surface area (Å²) in [5.74, 6) is 0.313. The number of aromatic nitrogens is 2. The minimum Gasteiger partial charge on any atom is -0.345 e. The van der Waals surface area contributed by atoms with E-state index in [1.54, 1.807) is 6.07 Å². The smallest absolute Gasteiger partial charge is 0.251 e. The number of benzene rings is 3. The maximum absolute atomic E-state index is 12.9. The maximum Gasteiger partial charge on any atom is 0.251 e. The molecular formula is C26H26N4O2. The first kappa shape index (κ1) is 21.3. The largest absolute Gasteiger partial charge is 0.345 e. The Labute approximate surface area is 187 Å². The summed E-state index contributed by atoms with van der Waals surface area (Å²) >= 11 is 0. The van der Waals surface area contributed by atoms with Crippen LogP contribution in [0.25, 0.3) is 11.0 Å². The van der Waals surface area contributed by atoms with Gasteiger partial charge in [-0.25, -0.2) is 4.98 Å². The van der Waals surface area contributed by atoms with Crippen LogP contribution in [-0.2, 0) is 17.9 Å². The molecule has 0 bridgehead atoms. The molecular weight excluding hydrogens is 400 g/mol. The van der Waals surface area contributed by atoms with Gasteiger partial charge in [0.25, 0.3) is 5.91 Å². The van der Waals surface area contributed by atoms with E-state index in [4.69, 9.17) is 0 Å². The molecule has 0 unspecified atom stereocenters. The van der Waals surface area contributed by atoms with E-state index in [2.05, 4.69) is 15.6 Å². The number of amides is 2. The molecule has 6 nitrogen and oxygen atoms in total. The van der Waals surface area contributed by atoms with Crippen molar-refractivity contribution in [3.05, 3.63) is 94.8 Å². The molecule has 0 radical (unpaired) electrons. The van der Waals surface area contributed by atoms with E-state index in [-0.39, 0.29) is 24.9 Å². The standard InChI is InChI=1S/C26H26N4O2/c1-17-8-6-11-20(14-17)26(32)27-15-23-28-21-12-4-5-13-22(21)30(23)16-24(31)29-25-18(2)9-7-10-19(25)3/h4-14H,15-16H2,1-3H3,(H,27,32)(H,29,31). The number of aryl methyl sites for hydroxylation is 3. The number of carbonyl (C=O) groups excluding carboxylic acids is 2. The van der Waals surface area contributed by atoms with Gasteiger partial charge >= 0.3 is 0 Å². The fraction of sp³-hybridized carbons (Fsp3) is 0.192. The zero-order valence-electron chi connectivity index (χ0n) is 18.5. The van der Waals surface area contributed by atoms with E-state index in [0.717, 1.165) is 33.4 Å². The normalized spacial score (nSPS) is 10.8. The van der Waals surface area contributed by atoms with Gasteiger partial charge in [0, 0.05) is 11.3 Å². The molecule has 0 aliphatic carbocycles. The summed E-state index contributed by atoms with van der Waals surface area (Å²) in [6.07, 6.45) is 0. The Kier molecular flexibility index (Phi) is 6.03. The number of hydrogen-bond donors (Lipinski definition) is 2. The lowest BCUT2D eigenvalue weighted by molar-refractivity contribution is -0.116. The lowest BCUT2D eigenvalue weighted by Gasteiger charge is -2.14. The van der Waals surface area contributed by atoms with Crippen molar-refractivity contribution in [2.75, 3.05) is 5.32 Å². The highest BCUT2D eigenvalue weighted by Gasteiger charge is 2.16. The minimum absolute atomic E-state index is 0.101. The fourth-order valence-corrected chi connectivity index (χ4v) is 3.82. The van der Waals surface area contributed by atoms with Crippen molar-refractivity contribution >= 4 is 28.5 Å². The van der Waals surface area contributed by atoms with Crippen LogP contribution in [-0.4, -0.2) is 21.4 Å². The molecule has 0 aliphatic heterocycles. The quantitative estimate of drug-likeness (QED) is 0.476. The first-order valence-electron chi connectivity index (χ1n) is 10.6. The molecule has 2 amide bonds. The van der Waals surface area contributed by atoms with Gasteiger partial charge in [0.2, 0.25) is 5.91 Å². The monoisotopic (exact) mass is 426 g/mol. The van der Waals surface area contributed by atoms with Crippen molar-refractivity contribution in [1.29, 1.82) is 0 Å². The first-order chi connectivity index (χ1) is 15.4. The fourth-order valence-electron chi connectivity index (χ4n) is 3.82. The highest BCUT2D eigenvalue weighted by Crippen LogP contribution is 2.21. The summed E-state index contributed by atoms with van der Waals surface area (Å²) in [5.41, 5.74) is 6.11. The SMILES string of the molecule is Cc1cccc(C(=O)NCc2nc3ccccc3n2CC(=O)Nc2c(C)cccc2C)c1. The average Bonchev–Trinajstić information content (AvgIpc) is 3.12. The number of carbonyl (C=O) groups is 2. The van der Waals surface area contributed by atoms with Crippen LogP contribution in [0.4, 0.5) is 5.69 Å². The molecule has 4 rings (SSSR count). The second kappa shape index (κ2) is 9.06. The topological polar surface area (TPSA) is 76.0 Å². The molecule has 1 heterocycles. The maximum atomic E-state index is 12.9. The number of fused-ring (bicyclic) bond motifs is 1. The summed E-state index contributed by atoms with van der Waals surface area (Å²) in [5, 5.41) is 5.96. The first-order valence-corrected chi connectivity index (χ1v) is 10.6. The number of nitrogens with one attached hydrogen (secondary N) is 2. The number of hydrogen-bond acceptors (Lipinski definition) is 3. The molecule has 1 aromatic heterocycles. The van der Waals surface area contributed by atoms with Crippen molar-refractivity contribution in [2.45, 2.75) is 33.9 Å². The van der Waals surface area contributed by atoms with Crippen LogP contribution in [0.1, 0.15) is 32.9 Å². The van der Waals surface area contributed by atoms with Gasteiger partial charge in [0.1, 0.15) is 12.4 Å². The lowest BCUT2D eigenvalue weighted by atomic mass is 10.1. The van der Waals surface area contributed by atoms with Crippen LogP contribution in [0.15, 0.2) is 66.7 Å². The Morgan fingerprint density at radius 1 is 0.906 bits per heavy atom. The average molecular weight is 427 g/mol. The van der Waals surface area contributed by atoms with Crippen LogP contribution in [0, 0.1) is 20.8 Å². The molecule has 3 aromatic carbocycles. The molecule has 162 valence electrons. The third-order valence-electron chi connectivity index (χ3n) is 5.47. The predicted molar refractivity (Wildman–Crippen MR) is 127 cm³/mol. The second-order valence-corrected chi connectivity index (χ2v) is 7.97. The molecule has 0 atom stereocenters. The van der Waals surface area contributed by atoms with Crippen molar-refractivity contribution in [1.82, 2.24) is 14.9 Å². The van der Waals surface area contributed by atoms with Crippen LogP contribution in [0.3, 0.4) is 0 Å². The zero-order chi connectivity index (χ0) is 22.7. The number of imidazole rings is 1. The van der Waals surface area contributed by atoms with Gasteiger partial charge in [-0.2, -0.15) is 0 Å². The Balaban J connectivity index is 1.56. The second-order valence-electron chi connectivity index (χ2n) is 7.97. The van der Waals surface area contributed by atoms with Gasteiger partial charge < -0.3 is 15.2 Å². The molecule has 6 heteroatoms. The zero-order valence-corrected chi connectivity index (χ0v) is 18.5. The number of anilines is 1. The summed E-state index contributed by atoms with van der Waals surface area (Å²) in [4.78, 5) is 30.2. The van der Waals surface area contributed by atoms with E-state index in [0.29, 0.717) is 11.4 Å². The van der Waals surface area contributed by atoms with E-state index in [9.17, 15) is 9.59 Å². The molecule has 4 aromatic rings. The third-order valence-corrected chi connectivity index (χ3v) is 5.47. The van der Waals surface area contributed by atoms with Crippen molar-refractivity contribution in [3.8, 4) is 0 Å². The van der Waals surface area contributed by atoms with Crippen molar-refractivity contribution in [3.63, 3.8) is 0 Å². The minimum atomic E-state index is -0.174. The van der Waals surface area contributed by atoms with Crippen LogP contribution >= 0.6 is 0 Å². The van der Waals surface area contributed by atoms with Gasteiger partial charge in [-0.1, -0.05) is 48.0 Å². The Bertz CT molecular complexity index is 1290. The van der Waals surface area contributed by atoms with Gasteiger partial charge in [0.05, 0.1) is 17.6 Å². The molecule has 0 saturated heterocycles. The Morgan fingerprint density at radius 3 is 2.38 bits per heavy atom. The molecule has 32 heavy (non-hydrogen) atoms. The highest BCUT2D eigenvalue weighted by molar-refractivity contribution is 5.95. The van der Waals surface area contributed by atoms with E-state index < -0.39 is 0 Å². The molecule has 0 saturated carbocycles. The van der Waals surface area contributed by atoms with E-state index >= 15 is 0 Å². The highest BCUT2D eigenvalue weighted by atomic mass is 16.2. The molecule has 2 N–H and O–H groups in total. The summed E-state index contributed by atoms with van der Waals surface area (Å²) < 4.78 is 1.86. The summed E-state index contributed by atoms with van der Waals surface area (Å²) in [6, 6.07) is 21.0. The van der Waals surface area contributed by atoms with Crippen molar-refractivity contribution in [2.24, 2.45) is 0 Å². The van der Waals surface area contributed by atoms with Gasteiger partial charge in [-0.15, -0.1) is 0 Å². The number of rotatable bonds is 6. The van der Waals surface area contributed by atoms with Crippen LogP contribution < -0.4 is 10.6 Å². The van der Waals surface area contributed by atoms with E-state index in [1.165, 1.54) is 0 Å². The third kappa shape index (κ3) is 4.54. The van der Waals surface area contributed by atoms with Gasteiger partial charge in [-0.3, -0.25) is 9.59 Å². The van der Waals surface area contributed by atoms with E-state index in [1.807, 2.05) is 86.0 Å². The summed E-state index contributed by atoms with van der Waals surface area (Å²) in [7, 11) is 0. The van der Waals surface area contributed by atoms with Crippen molar-refractivity contribution < 1.29 is 9.59 Å². The van der Waals surface area contributed by atoms with Gasteiger partial charge in [0.15, 0.2) is 0 Å². The molecule has 0 fully saturated rings. The van der Waals surface area contributed by atoms with Crippen LogP contribution in [0.5, 0.6) is 0 Å². The number of nitrogens with zero attached hydrogens (tertiary/aromatic N) is 2. The predicted octanol–water partition coefficient (Wildman–Crippen LogP) is 4.53. The van der Waals surface area contributed by atoms with Crippen LogP contribution in [0.2, 0.25) is 0 Å². The Morgan fingerprint density at radius 2 is 1.62 bits per heavy atom.